The van der Waals surface area contributed by atoms with E-state index in [0.717, 1.165) is 43.7 Å². The van der Waals surface area contributed by atoms with Crippen molar-refractivity contribution in [1.82, 2.24) is 5.32 Å². The highest BCUT2D eigenvalue weighted by Crippen LogP contribution is 2.26. The number of rotatable bonds is 6. The first kappa shape index (κ1) is 12.7. The summed E-state index contributed by atoms with van der Waals surface area (Å²) in [6, 6.07) is 8.21. The van der Waals surface area contributed by atoms with Crippen LogP contribution in [0.1, 0.15) is 31.1 Å². The number of fused-ring (bicyclic) bond motifs is 1. The van der Waals surface area contributed by atoms with Gasteiger partial charge in [-0.3, -0.25) is 0 Å². The Morgan fingerprint density at radius 1 is 1.33 bits per heavy atom. The minimum atomic E-state index is 0.833. The monoisotopic (exact) mass is 241 g/mol. The third-order valence-corrected chi connectivity index (χ3v) is 3.08. The summed E-state index contributed by atoms with van der Waals surface area (Å²) in [6.45, 7) is 3.93. The molecule has 0 aliphatic carbocycles. The van der Waals surface area contributed by atoms with Gasteiger partial charge in [-0.15, -0.1) is 12.3 Å². The van der Waals surface area contributed by atoms with Crippen molar-refractivity contribution in [1.29, 1.82) is 0 Å². The molecule has 0 radical (unpaired) electrons. The van der Waals surface area contributed by atoms with Crippen molar-refractivity contribution in [3.05, 3.63) is 35.6 Å². The summed E-state index contributed by atoms with van der Waals surface area (Å²) in [5.41, 5.74) is 2.27. The van der Waals surface area contributed by atoms with E-state index in [9.17, 15) is 0 Å². The molecule has 0 unspecified atom stereocenters. The lowest BCUT2D eigenvalue weighted by atomic mass is 10.1. The van der Waals surface area contributed by atoms with Gasteiger partial charge in [0.25, 0.3) is 0 Å². The number of terminal acetylenes is 1. The number of benzene rings is 1. The van der Waals surface area contributed by atoms with Crippen molar-refractivity contribution in [2.45, 2.75) is 32.7 Å². The quantitative estimate of drug-likeness (QED) is 0.618. The first-order chi connectivity index (χ1) is 8.86. The number of aryl methyl sites for hydroxylation is 1. The summed E-state index contributed by atoms with van der Waals surface area (Å²) in [5, 5.41) is 4.66. The third-order valence-electron chi connectivity index (χ3n) is 3.08. The number of para-hydroxylation sites is 1. The lowest BCUT2D eigenvalue weighted by molar-refractivity contribution is 0.543. The number of nitrogens with one attached hydrogen (secondary N) is 1. The standard InChI is InChI=1S/C16H19NO/c1-3-5-8-11-17-12-14-13-9-6-7-10-16(13)18-15(14)4-2/h1,6-7,9-10,17H,4-5,8,11-12H2,2H3. The molecule has 0 saturated carbocycles. The second-order valence-electron chi connectivity index (χ2n) is 4.34. The average molecular weight is 241 g/mol. The van der Waals surface area contributed by atoms with Crippen LogP contribution in [0.5, 0.6) is 0 Å². The van der Waals surface area contributed by atoms with E-state index >= 15 is 0 Å². The summed E-state index contributed by atoms with van der Waals surface area (Å²) in [7, 11) is 0. The fourth-order valence-corrected chi connectivity index (χ4v) is 2.16. The molecule has 94 valence electrons. The summed E-state index contributed by atoms with van der Waals surface area (Å²) < 4.78 is 5.85. The Hall–Kier alpha value is -1.72. The van der Waals surface area contributed by atoms with Crippen LogP contribution in [0.2, 0.25) is 0 Å². The highest BCUT2D eigenvalue weighted by atomic mass is 16.3. The SMILES string of the molecule is C#CCCCNCc1c(CC)oc2ccccc12. The maximum Gasteiger partial charge on any atom is 0.134 e. The van der Waals surface area contributed by atoms with Crippen LogP contribution in [0.3, 0.4) is 0 Å². The van der Waals surface area contributed by atoms with Crippen LogP contribution in [-0.2, 0) is 13.0 Å². The van der Waals surface area contributed by atoms with Crippen LogP contribution in [0.25, 0.3) is 11.0 Å². The van der Waals surface area contributed by atoms with Crippen molar-refractivity contribution in [2.24, 2.45) is 0 Å². The predicted octanol–water partition coefficient (Wildman–Crippen LogP) is 3.50. The largest absolute Gasteiger partial charge is 0.461 e. The summed E-state index contributed by atoms with van der Waals surface area (Å²) in [6.07, 6.45) is 8.01. The Labute approximate surface area is 108 Å². The molecule has 1 N–H and O–H groups in total. The van der Waals surface area contributed by atoms with Crippen molar-refractivity contribution >= 4 is 11.0 Å². The zero-order valence-corrected chi connectivity index (χ0v) is 10.8. The average Bonchev–Trinajstić information content (AvgIpc) is 2.77. The van der Waals surface area contributed by atoms with Crippen LogP contribution >= 0.6 is 0 Å². The summed E-state index contributed by atoms with van der Waals surface area (Å²) >= 11 is 0. The molecule has 1 aromatic carbocycles. The minimum absolute atomic E-state index is 0.833. The van der Waals surface area contributed by atoms with Gasteiger partial charge in [0.15, 0.2) is 0 Å². The van der Waals surface area contributed by atoms with Crippen LogP contribution < -0.4 is 5.32 Å². The van der Waals surface area contributed by atoms with Gasteiger partial charge < -0.3 is 9.73 Å². The Morgan fingerprint density at radius 2 is 2.17 bits per heavy atom. The molecule has 1 aromatic heterocycles. The maximum atomic E-state index is 5.85. The molecule has 2 nitrogen and oxygen atoms in total. The maximum absolute atomic E-state index is 5.85. The normalized spacial score (nSPS) is 10.7. The molecule has 2 aromatic rings. The van der Waals surface area contributed by atoms with Gasteiger partial charge in [0.05, 0.1) is 0 Å². The van der Waals surface area contributed by atoms with Gasteiger partial charge in [-0.2, -0.15) is 0 Å². The second-order valence-corrected chi connectivity index (χ2v) is 4.34. The Bertz CT molecular complexity index is 548. The molecular weight excluding hydrogens is 222 g/mol. The predicted molar refractivity (Wildman–Crippen MR) is 75.4 cm³/mol. The van der Waals surface area contributed by atoms with Gasteiger partial charge >= 0.3 is 0 Å². The second kappa shape index (κ2) is 6.28. The molecule has 0 spiro atoms. The molecule has 0 atom stereocenters. The number of furan rings is 1. The smallest absolute Gasteiger partial charge is 0.134 e. The molecule has 2 rings (SSSR count). The van der Waals surface area contributed by atoms with Crippen molar-refractivity contribution in [3.63, 3.8) is 0 Å². The molecule has 0 saturated heterocycles. The molecule has 18 heavy (non-hydrogen) atoms. The topological polar surface area (TPSA) is 25.2 Å². The van der Waals surface area contributed by atoms with Gasteiger partial charge in [-0.1, -0.05) is 25.1 Å². The molecule has 0 bridgehead atoms. The van der Waals surface area contributed by atoms with E-state index in [4.69, 9.17) is 10.8 Å². The van der Waals surface area contributed by atoms with E-state index in [1.807, 2.05) is 12.1 Å². The summed E-state index contributed by atoms with van der Waals surface area (Å²) in [4.78, 5) is 0. The molecule has 0 aliphatic rings. The fraction of sp³-hybridized carbons (Fsp3) is 0.375. The molecular formula is C16H19NO. The summed E-state index contributed by atoms with van der Waals surface area (Å²) in [5.74, 6) is 3.74. The van der Waals surface area contributed by atoms with Crippen LogP contribution in [-0.4, -0.2) is 6.54 Å². The molecule has 1 heterocycles. The van der Waals surface area contributed by atoms with E-state index in [1.54, 1.807) is 0 Å². The Balaban J connectivity index is 2.09. The van der Waals surface area contributed by atoms with Crippen LogP contribution in [0, 0.1) is 12.3 Å². The van der Waals surface area contributed by atoms with E-state index in [-0.39, 0.29) is 0 Å². The van der Waals surface area contributed by atoms with Crippen molar-refractivity contribution in [3.8, 4) is 12.3 Å². The lowest BCUT2D eigenvalue weighted by Crippen LogP contribution is -2.15. The van der Waals surface area contributed by atoms with Gasteiger partial charge in [0, 0.05) is 30.3 Å². The highest BCUT2D eigenvalue weighted by Gasteiger charge is 2.11. The highest BCUT2D eigenvalue weighted by molar-refractivity contribution is 5.82. The third kappa shape index (κ3) is 2.75. The number of unbranched alkanes of at least 4 members (excludes halogenated alkanes) is 1. The van der Waals surface area contributed by atoms with Gasteiger partial charge in [0.1, 0.15) is 11.3 Å². The molecule has 2 heteroatoms. The van der Waals surface area contributed by atoms with E-state index < -0.39 is 0 Å². The van der Waals surface area contributed by atoms with Crippen LogP contribution in [0.4, 0.5) is 0 Å². The first-order valence-electron chi connectivity index (χ1n) is 6.50. The zero-order valence-electron chi connectivity index (χ0n) is 10.8. The molecule has 0 amide bonds. The van der Waals surface area contributed by atoms with Crippen molar-refractivity contribution in [2.75, 3.05) is 6.54 Å². The Morgan fingerprint density at radius 3 is 2.94 bits per heavy atom. The van der Waals surface area contributed by atoms with Gasteiger partial charge in [0.2, 0.25) is 0 Å². The Kier molecular flexibility index (Phi) is 4.44. The van der Waals surface area contributed by atoms with Crippen molar-refractivity contribution < 1.29 is 4.42 Å². The fourth-order valence-electron chi connectivity index (χ4n) is 2.16. The molecule has 0 aliphatic heterocycles. The molecule has 0 fully saturated rings. The zero-order chi connectivity index (χ0) is 12.8. The lowest BCUT2D eigenvalue weighted by Gasteiger charge is -2.03. The van der Waals surface area contributed by atoms with Gasteiger partial charge in [-0.05, 0) is 19.0 Å². The first-order valence-corrected chi connectivity index (χ1v) is 6.50. The minimum Gasteiger partial charge on any atom is -0.461 e. The number of hydrogen-bond acceptors (Lipinski definition) is 2. The van der Waals surface area contributed by atoms with Gasteiger partial charge in [-0.25, -0.2) is 0 Å². The van der Waals surface area contributed by atoms with E-state index in [1.165, 1.54) is 10.9 Å². The van der Waals surface area contributed by atoms with E-state index in [2.05, 4.69) is 30.3 Å². The number of hydrogen-bond donors (Lipinski definition) is 1. The van der Waals surface area contributed by atoms with E-state index in [0.29, 0.717) is 0 Å². The van der Waals surface area contributed by atoms with Crippen LogP contribution in [0.15, 0.2) is 28.7 Å².